The van der Waals surface area contributed by atoms with E-state index >= 15 is 0 Å². The molecule has 2 aromatic rings. The molecule has 1 aromatic heterocycles. The standard InChI is InChI=1S/C18H16N4OSi/c1-24(2,3)9-8-12-4-6-13(7-5-12)16-14(10-19)17(21)22-18(23)15(16)11-20/h4-7H,1-3H3,(H3,21,22,23). The average Bonchev–Trinajstić information content (AvgIpc) is 2.52. The molecule has 118 valence electrons. The van der Waals surface area contributed by atoms with Crippen LogP contribution in [-0.2, 0) is 0 Å². The van der Waals surface area contributed by atoms with Crippen molar-refractivity contribution in [1.29, 1.82) is 10.5 Å². The predicted molar refractivity (Wildman–Crippen MR) is 96.6 cm³/mol. The fraction of sp³-hybridized carbons (Fsp3) is 0.167. The van der Waals surface area contributed by atoms with E-state index in [9.17, 15) is 15.3 Å². The number of nitriles is 2. The summed E-state index contributed by atoms with van der Waals surface area (Å²) in [4.78, 5) is 14.3. The normalized spacial score (nSPS) is 10.2. The minimum Gasteiger partial charge on any atom is -0.384 e. The number of hydrogen-bond acceptors (Lipinski definition) is 4. The van der Waals surface area contributed by atoms with E-state index < -0.39 is 13.6 Å². The Morgan fingerprint density at radius 2 is 1.62 bits per heavy atom. The first kappa shape index (κ1) is 17.1. The lowest BCUT2D eigenvalue weighted by Gasteiger charge is -2.09. The van der Waals surface area contributed by atoms with Crippen molar-refractivity contribution in [3.63, 3.8) is 0 Å². The van der Waals surface area contributed by atoms with Gasteiger partial charge in [-0.25, -0.2) is 0 Å². The predicted octanol–water partition coefficient (Wildman–Crippen LogP) is 2.60. The first-order valence-electron chi connectivity index (χ1n) is 7.26. The number of H-pyrrole nitrogens is 1. The molecule has 1 heterocycles. The van der Waals surface area contributed by atoms with Gasteiger partial charge >= 0.3 is 0 Å². The quantitative estimate of drug-likeness (QED) is 0.618. The van der Waals surface area contributed by atoms with E-state index in [0.717, 1.165) is 5.56 Å². The lowest BCUT2D eigenvalue weighted by Crippen LogP contribution is -2.16. The van der Waals surface area contributed by atoms with Crippen molar-refractivity contribution in [3.8, 4) is 34.7 Å². The van der Waals surface area contributed by atoms with Crippen LogP contribution in [0.4, 0.5) is 5.82 Å². The molecule has 0 amide bonds. The van der Waals surface area contributed by atoms with Gasteiger partial charge < -0.3 is 10.7 Å². The molecule has 0 aliphatic carbocycles. The highest BCUT2D eigenvalue weighted by Crippen LogP contribution is 2.28. The molecule has 0 spiro atoms. The molecular weight excluding hydrogens is 316 g/mol. The number of aromatic nitrogens is 1. The van der Waals surface area contributed by atoms with Crippen molar-refractivity contribution in [1.82, 2.24) is 4.98 Å². The second-order valence-electron chi connectivity index (χ2n) is 6.29. The molecule has 0 saturated heterocycles. The Hall–Kier alpha value is -3.27. The Bertz CT molecular complexity index is 988. The van der Waals surface area contributed by atoms with Gasteiger partial charge in [0, 0.05) is 11.1 Å². The van der Waals surface area contributed by atoms with Crippen molar-refractivity contribution in [2.24, 2.45) is 0 Å². The van der Waals surface area contributed by atoms with Crippen LogP contribution in [0.1, 0.15) is 16.7 Å². The maximum atomic E-state index is 11.9. The van der Waals surface area contributed by atoms with Crippen LogP contribution in [0.15, 0.2) is 29.1 Å². The first-order chi connectivity index (χ1) is 11.3. The lowest BCUT2D eigenvalue weighted by atomic mass is 9.96. The minimum atomic E-state index is -1.47. The second-order valence-corrected chi connectivity index (χ2v) is 11.0. The number of nitrogens with one attached hydrogen (secondary N) is 1. The summed E-state index contributed by atoms with van der Waals surface area (Å²) in [7, 11) is -1.47. The van der Waals surface area contributed by atoms with Crippen molar-refractivity contribution in [3.05, 3.63) is 51.3 Å². The van der Waals surface area contributed by atoms with E-state index in [-0.39, 0.29) is 22.5 Å². The van der Waals surface area contributed by atoms with Gasteiger partial charge in [-0.15, -0.1) is 5.54 Å². The van der Waals surface area contributed by atoms with E-state index in [1.807, 2.05) is 24.3 Å². The highest BCUT2D eigenvalue weighted by molar-refractivity contribution is 6.83. The van der Waals surface area contributed by atoms with Gasteiger partial charge in [0.05, 0.1) is 0 Å². The monoisotopic (exact) mass is 332 g/mol. The highest BCUT2D eigenvalue weighted by Gasteiger charge is 2.17. The summed E-state index contributed by atoms with van der Waals surface area (Å²) in [5, 5.41) is 18.6. The van der Waals surface area contributed by atoms with Crippen LogP contribution in [-0.4, -0.2) is 13.1 Å². The summed E-state index contributed by atoms with van der Waals surface area (Å²) in [6.45, 7) is 6.48. The van der Waals surface area contributed by atoms with E-state index in [1.54, 1.807) is 12.1 Å². The van der Waals surface area contributed by atoms with Crippen LogP contribution in [0.5, 0.6) is 0 Å². The molecule has 24 heavy (non-hydrogen) atoms. The van der Waals surface area contributed by atoms with Gasteiger partial charge in [0.25, 0.3) is 5.56 Å². The molecule has 0 radical (unpaired) electrons. The third kappa shape index (κ3) is 3.55. The first-order valence-corrected chi connectivity index (χ1v) is 10.8. The van der Waals surface area contributed by atoms with Crippen molar-refractivity contribution < 1.29 is 0 Å². The molecule has 2 rings (SSSR count). The number of aromatic amines is 1. The number of nitrogens with zero attached hydrogens (tertiary/aromatic N) is 2. The maximum absolute atomic E-state index is 11.9. The Labute approximate surface area is 141 Å². The van der Waals surface area contributed by atoms with Gasteiger partial charge in [-0.05, 0) is 17.7 Å². The summed E-state index contributed by atoms with van der Waals surface area (Å²) in [5.74, 6) is 3.09. The van der Waals surface area contributed by atoms with Crippen LogP contribution < -0.4 is 11.3 Å². The fourth-order valence-electron chi connectivity index (χ4n) is 2.11. The van der Waals surface area contributed by atoms with Crippen LogP contribution in [0, 0.1) is 34.1 Å². The maximum Gasteiger partial charge on any atom is 0.268 e. The number of hydrogen-bond donors (Lipinski definition) is 2. The molecule has 5 nitrogen and oxygen atoms in total. The molecule has 3 N–H and O–H groups in total. The summed E-state index contributed by atoms with van der Waals surface area (Å²) in [6.07, 6.45) is 0. The molecule has 0 fully saturated rings. The van der Waals surface area contributed by atoms with E-state index in [1.165, 1.54) is 0 Å². The number of anilines is 1. The van der Waals surface area contributed by atoms with Gasteiger partial charge in [-0.3, -0.25) is 4.79 Å². The summed E-state index contributed by atoms with van der Waals surface area (Å²) in [5.41, 5.74) is 10.0. The van der Waals surface area contributed by atoms with E-state index in [2.05, 4.69) is 36.1 Å². The van der Waals surface area contributed by atoms with Gasteiger partial charge in [0.15, 0.2) is 0 Å². The van der Waals surface area contributed by atoms with Crippen molar-refractivity contribution >= 4 is 13.9 Å². The van der Waals surface area contributed by atoms with Crippen LogP contribution >= 0.6 is 0 Å². The Morgan fingerprint density at radius 3 is 2.12 bits per heavy atom. The molecule has 0 atom stereocenters. The molecule has 0 aliphatic rings. The fourth-order valence-corrected chi connectivity index (χ4v) is 2.63. The highest BCUT2D eigenvalue weighted by atomic mass is 28.3. The number of nitrogen functional groups attached to an aromatic ring is 1. The zero-order chi connectivity index (χ0) is 17.9. The summed E-state index contributed by atoms with van der Waals surface area (Å²) < 4.78 is 0. The van der Waals surface area contributed by atoms with Gasteiger partial charge in [-0.2, -0.15) is 10.5 Å². The van der Waals surface area contributed by atoms with E-state index in [0.29, 0.717) is 5.56 Å². The Balaban J connectivity index is 2.62. The molecule has 6 heteroatoms. The number of pyridine rings is 1. The lowest BCUT2D eigenvalue weighted by molar-refractivity contribution is 1.21. The van der Waals surface area contributed by atoms with E-state index in [4.69, 9.17) is 5.73 Å². The topological polar surface area (TPSA) is 106 Å². The summed E-state index contributed by atoms with van der Waals surface area (Å²) in [6, 6.07) is 10.9. The zero-order valence-electron chi connectivity index (χ0n) is 13.7. The molecule has 0 saturated carbocycles. The number of benzene rings is 1. The molecule has 0 unspecified atom stereocenters. The van der Waals surface area contributed by atoms with Crippen molar-refractivity contribution in [2.75, 3.05) is 5.73 Å². The van der Waals surface area contributed by atoms with Crippen LogP contribution in [0.25, 0.3) is 11.1 Å². The zero-order valence-corrected chi connectivity index (χ0v) is 14.7. The third-order valence-corrected chi connectivity index (χ3v) is 4.10. The summed E-state index contributed by atoms with van der Waals surface area (Å²) >= 11 is 0. The van der Waals surface area contributed by atoms with Gasteiger partial charge in [0.2, 0.25) is 0 Å². The second kappa shape index (κ2) is 6.46. The molecule has 0 bridgehead atoms. The SMILES string of the molecule is C[Si](C)(C)C#Cc1ccc(-c2c(C#N)c(N)[nH]c(=O)c2C#N)cc1. The number of nitrogens with two attached hydrogens (primary N) is 1. The smallest absolute Gasteiger partial charge is 0.268 e. The Morgan fingerprint density at radius 1 is 1.04 bits per heavy atom. The molecule has 0 aliphatic heterocycles. The van der Waals surface area contributed by atoms with Crippen LogP contribution in [0.2, 0.25) is 19.6 Å². The molecular formula is C18H16N4OSi. The largest absolute Gasteiger partial charge is 0.384 e. The molecule has 1 aromatic carbocycles. The van der Waals surface area contributed by atoms with Gasteiger partial charge in [-0.1, -0.05) is 37.7 Å². The third-order valence-electron chi connectivity index (χ3n) is 3.22. The average molecular weight is 332 g/mol. The van der Waals surface area contributed by atoms with Crippen LogP contribution in [0.3, 0.4) is 0 Å². The van der Waals surface area contributed by atoms with Gasteiger partial charge in [0.1, 0.15) is 37.2 Å². The van der Waals surface area contributed by atoms with Crippen molar-refractivity contribution in [2.45, 2.75) is 19.6 Å². The Kier molecular flexibility index (Phi) is 4.60. The number of rotatable bonds is 1. The minimum absolute atomic E-state index is 0.0425.